The van der Waals surface area contributed by atoms with Crippen LogP contribution in [0.4, 0.5) is 0 Å². The Balaban J connectivity index is 2.87. The third-order valence-corrected chi connectivity index (χ3v) is 3.10. The third-order valence-electron chi connectivity index (χ3n) is 2.11. The number of hydrogen-bond donors (Lipinski definition) is 0. The fourth-order valence-corrected chi connectivity index (χ4v) is 1.99. The van der Waals surface area contributed by atoms with Gasteiger partial charge in [0.25, 0.3) is 0 Å². The Morgan fingerprint density at radius 1 is 1.15 bits per heavy atom. The molecule has 2 rings (SSSR count). The summed E-state index contributed by atoms with van der Waals surface area (Å²) in [6.45, 7) is 2.02. The second-order valence-electron chi connectivity index (χ2n) is 3.06. The SMILES string of the molecule is Cc1ccc2cc(Br)ccc2c1Cl. The molecule has 0 aliphatic carbocycles. The summed E-state index contributed by atoms with van der Waals surface area (Å²) in [5.74, 6) is 0. The Hall–Kier alpha value is -0.530. The number of fused-ring (bicyclic) bond motifs is 1. The van der Waals surface area contributed by atoms with E-state index in [1.807, 2.05) is 25.1 Å². The first kappa shape index (κ1) is 9.04. The van der Waals surface area contributed by atoms with Crippen molar-refractivity contribution >= 4 is 38.3 Å². The summed E-state index contributed by atoms with van der Waals surface area (Å²) in [5, 5.41) is 3.14. The van der Waals surface area contributed by atoms with Crippen LogP contribution in [0.2, 0.25) is 5.02 Å². The topological polar surface area (TPSA) is 0 Å². The molecule has 0 radical (unpaired) electrons. The molecule has 0 aliphatic rings. The van der Waals surface area contributed by atoms with Crippen LogP contribution in [0.1, 0.15) is 5.56 Å². The normalized spacial score (nSPS) is 10.7. The first-order chi connectivity index (χ1) is 6.18. The highest BCUT2D eigenvalue weighted by molar-refractivity contribution is 9.10. The maximum absolute atomic E-state index is 6.16. The Morgan fingerprint density at radius 3 is 2.69 bits per heavy atom. The van der Waals surface area contributed by atoms with E-state index < -0.39 is 0 Å². The van der Waals surface area contributed by atoms with Crippen LogP contribution in [0.25, 0.3) is 10.8 Å². The van der Waals surface area contributed by atoms with Gasteiger partial charge in [-0.1, -0.05) is 45.7 Å². The molecule has 0 unspecified atom stereocenters. The lowest BCUT2D eigenvalue weighted by Crippen LogP contribution is -1.78. The molecule has 0 spiro atoms. The lowest BCUT2D eigenvalue weighted by molar-refractivity contribution is 1.50. The molecular weight excluding hydrogens is 247 g/mol. The number of benzene rings is 2. The van der Waals surface area contributed by atoms with Crippen molar-refractivity contribution in [2.24, 2.45) is 0 Å². The molecule has 0 N–H and O–H groups in total. The Morgan fingerprint density at radius 2 is 1.92 bits per heavy atom. The van der Waals surface area contributed by atoms with E-state index in [1.54, 1.807) is 0 Å². The van der Waals surface area contributed by atoms with Crippen LogP contribution < -0.4 is 0 Å². The standard InChI is InChI=1S/C11H8BrCl/c1-7-2-3-8-6-9(12)4-5-10(8)11(7)13/h2-6H,1H3. The number of aryl methyl sites for hydroxylation is 1. The molecule has 0 amide bonds. The molecular formula is C11H8BrCl. The lowest BCUT2D eigenvalue weighted by Gasteiger charge is -2.03. The second kappa shape index (κ2) is 3.32. The van der Waals surface area contributed by atoms with E-state index in [1.165, 1.54) is 5.39 Å². The third kappa shape index (κ3) is 1.59. The van der Waals surface area contributed by atoms with Gasteiger partial charge in [0.2, 0.25) is 0 Å². The van der Waals surface area contributed by atoms with E-state index in [2.05, 4.69) is 28.1 Å². The van der Waals surface area contributed by atoms with Crippen molar-refractivity contribution in [3.63, 3.8) is 0 Å². The minimum absolute atomic E-state index is 0.852. The average Bonchev–Trinajstić information content (AvgIpc) is 2.12. The molecule has 0 aliphatic heterocycles. The first-order valence-corrected chi connectivity index (χ1v) is 5.20. The molecule has 0 atom stereocenters. The minimum Gasteiger partial charge on any atom is -0.0834 e. The van der Waals surface area contributed by atoms with Gasteiger partial charge >= 0.3 is 0 Å². The van der Waals surface area contributed by atoms with E-state index in [0.717, 1.165) is 20.4 Å². The molecule has 66 valence electrons. The van der Waals surface area contributed by atoms with Crippen molar-refractivity contribution in [2.45, 2.75) is 6.92 Å². The molecule has 0 fully saturated rings. The van der Waals surface area contributed by atoms with Crippen LogP contribution >= 0.6 is 27.5 Å². The van der Waals surface area contributed by atoms with Gasteiger partial charge in [-0.15, -0.1) is 0 Å². The van der Waals surface area contributed by atoms with Gasteiger partial charge in [-0.2, -0.15) is 0 Å². The van der Waals surface area contributed by atoms with E-state index in [4.69, 9.17) is 11.6 Å². The van der Waals surface area contributed by atoms with Crippen molar-refractivity contribution in [3.8, 4) is 0 Å². The zero-order valence-electron chi connectivity index (χ0n) is 7.14. The highest BCUT2D eigenvalue weighted by atomic mass is 79.9. The lowest BCUT2D eigenvalue weighted by atomic mass is 10.1. The largest absolute Gasteiger partial charge is 0.0834 e. The molecule has 13 heavy (non-hydrogen) atoms. The van der Waals surface area contributed by atoms with Crippen LogP contribution in [0, 0.1) is 6.92 Å². The van der Waals surface area contributed by atoms with Gasteiger partial charge in [0.15, 0.2) is 0 Å². The summed E-state index contributed by atoms with van der Waals surface area (Å²) in [7, 11) is 0. The van der Waals surface area contributed by atoms with E-state index in [9.17, 15) is 0 Å². The summed E-state index contributed by atoms with van der Waals surface area (Å²) < 4.78 is 1.08. The highest BCUT2D eigenvalue weighted by Gasteiger charge is 2.01. The summed E-state index contributed by atoms with van der Waals surface area (Å²) >= 11 is 9.60. The van der Waals surface area contributed by atoms with Crippen LogP contribution in [-0.2, 0) is 0 Å². The highest BCUT2D eigenvalue weighted by Crippen LogP contribution is 2.28. The fraction of sp³-hybridized carbons (Fsp3) is 0.0909. The van der Waals surface area contributed by atoms with Crippen LogP contribution in [-0.4, -0.2) is 0 Å². The maximum Gasteiger partial charge on any atom is 0.0513 e. The fourth-order valence-electron chi connectivity index (χ4n) is 1.37. The van der Waals surface area contributed by atoms with Gasteiger partial charge in [-0.25, -0.2) is 0 Å². The van der Waals surface area contributed by atoms with Crippen LogP contribution in [0.15, 0.2) is 34.8 Å². The predicted octanol–water partition coefficient (Wildman–Crippen LogP) is 4.56. The summed E-state index contributed by atoms with van der Waals surface area (Å²) in [6.07, 6.45) is 0. The second-order valence-corrected chi connectivity index (χ2v) is 4.36. The van der Waals surface area contributed by atoms with Gasteiger partial charge < -0.3 is 0 Å². The smallest absolute Gasteiger partial charge is 0.0513 e. The van der Waals surface area contributed by atoms with Crippen molar-refractivity contribution < 1.29 is 0 Å². The number of hydrogen-bond acceptors (Lipinski definition) is 0. The Labute approximate surface area is 90.6 Å². The summed E-state index contributed by atoms with van der Waals surface area (Å²) in [4.78, 5) is 0. The first-order valence-electron chi connectivity index (χ1n) is 4.03. The van der Waals surface area contributed by atoms with Crippen molar-refractivity contribution in [2.75, 3.05) is 0 Å². The molecule has 0 nitrogen and oxygen atoms in total. The van der Waals surface area contributed by atoms with Gasteiger partial charge in [0.1, 0.15) is 0 Å². The van der Waals surface area contributed by atoms with Crippen LogP contribution in [0.3, 0.4) is 0 Å². The van der Waals surface area contributed by atoms with Crippen molar-refractivity contribution in [1.29, 1.82) is 0 Å². The van der Waals surface area contributed by atoms with Crippen LogP contribution in [0.5, 0.6) is 0 Å². The van der Waals surface area contributed by atoms with E-state index >= 15 is 0 Å². The quantitative estimate of drug-likeness (QED) is 0.647. The van der Waals surface area contributed by atoms with E-state index in [-0.39, 0.29) is 0 Å². The maximum atomic E-state index is 6.16. The summed E-state index contributed by atoms with van der Waals surface area (Å²) in [5.41, 5.74) is 1.12. The monoisotopic (exact) mass is 254 g/mol. The minimum atomic E-state index is 0.852. The van der Waals surface area contributed by atoms with Gasteiger partial charge in [0, 0.05) is 9.86 Å². The van der Waals surface area contributed by atoms with Gasteiger partial charge in [-0.3, -0.25) is 0 Å². The molecule has 0 saturated heterocycles. The van der Waals surface area contributed by atoms with Crippen molar-refractivity contribution in [3.05, 3.63) is 45.4 Å². The molecule has 0 saturated carbocycles. The Kier molecular flexibility index (Phi) is 2.31. The predicted molar refractivity (Wildman–Crippen MR) is 61.4 cm³/mol. The molecule has 2 aromatic rings. The van der Waals surface area contributed by atoms with Gasteiger partial charge in [-0.05, 0) is 30.0 Å². The zero-order valence-corrected chi connectivity index (χ0v) is 9.48. The molecule has 0 bridgehead atoms. The van der Waals surface area contributed by atoms with Crippen molar-refractivity contribution in [1.82, 2.24) is 0 Å². The summed E-state index contributed by atoms with van der Waals surface area (Å²) in [6, 6.07) is 10.2. The Bertz CT molecular complexity index is 463. The van der Waals surface area contributed by atoms with Gasteiger partial charge in [0.05, 0.1) is 5.02 Å². The molecule has 2 aromatic carbocycles. The molecule has 0 heterocycles. The molecule has 2 heteroatoms. The number of rotatable bonds is 0. The zero-order chi connectivity index (χ0) is 9.42. The number of halogens is 2. The van der Waals surface area contributed by atoms with E-state index in [0.29, 0.717) is 0 Å². The average molecular weight is 256 g/mol. The molecule has 0 aromatic heterocycles.